The second kappa shape index (κ2) is 3.50. The van der Waals surface area contributed by atoms with E-state index in [9.17, 15) is 13.2 Å². The Morgan fingerprint density at radius 1 is 1.59 bits per heavy atom. The van der Waals surface area contributed by atoms with Crippen LogP contribution in [0.15, 0.2) is 10.4 Å². The maximum absolute atomic E-state index is 11.1. The highest BCUT2D eigenvalue weighted by Gasteiger charge is 2.64. The number of thiazole rings is 1. The molecule has 1 heterocycles. The number of rotatable bonds is 3. The third-order valence-corrected chi connectivity index (χ3v) is 5.63. The number of aromatic nitrogens is 1. The molecule has 3 N–H and O–H groups in total. The van der Waals surface area contributed by atoms with Gasteiger partial charge in [0.2, 0.25) is 10.0 Å². The van der Waals surface area contributed by atoms with Gasteiger partial charge in [-0.3, -0.25) is 4.79 Å². The first-order valence-electron chi connectivity index (χ1n) is 4.87. The van der Waals surface area contributed by atoms with E-state index in [2.05, 4.69) is 4.98 Å². The maximum Gasteiger partial charge on any atom is 0.307 e. The molecule has 0 radical (unpaired) electrons. The van der Waals surface area contributed by atoms with Gasteiger partial charge in [-0.05, 0) is 5.41 Å². The summed E-state index contributed by atoms with van der Waals surface area (Å²) in [6.45, 7) is 3.66. The Balaban J connectivity index is 2.33. The molecule has 8 heteroatoms. The molecule has 1 aromatic heterocycles. The Morgan fingerprint density at radius 2 is 2.18 bits per heavy atom. The first kappa shape index (κ1) is 12.5. The number of hydrogen-bond donors (Lipinski definition) is 2. The molecule has 0 saturated heterocycles. The second-order valence-electron chi connectivity index (χ2n) is 4.68. The minimum Gasteiger partial charge on any atom is -0.481 e. The van der Waals surface area contributed by atoms with Crippen LogP contribution in [0, 0.1) is 11.3 Å². The predicted octanol–water partition coefficient (Wildman–Crippen LogP) is 0.615. The van der Waals surface area contributed by atoms with Crippen molar-refractivity contribution in [2.24, 2.45) is 16.5 Å². The summed E-state index contributed by atoms with van der Waals surface area (Å²) < 4.78 is 22.2. The zero-order chi connectivity index (χ0) is 13.0. The Hall–Kier alpha value is -0.990. The van der Waals surface area contributed by atoms with E-state index >= 15 is 0 Å². The molecule has 2 rings (SSSR count). The van der Waals surface area contributed by atoms with E-state index in [1.54, 1.807) is 0 Å². The SMILES string of the molecule is CC1(C)C(C(=O)O)C1c1ncc(S(N)(=O)=O)s1. The third-order valence-electron chi connectivity index (χ3n) is 3.14. The molecule has 1 saturated carbocycles. The van der Waals surface area contributed by atoms with Crippen LogP contribution in [-0.2, 0) is 14.8 Å². The largest absolute Gasteiger partial charge is 0.481 e. The molecule has 0 aromatic carbocycles. The number of aliphatic carboxylic acids is 1. The van der Waals surface area contributed by atoms with E-state index in [1.165, 1.54) is 6.20 Å². The lowest BCUT2D eigenvalue weighted by molar-refractivity contribution is -0.139. The molecule has 94 valence electrons. The summed E-state index contributed by atoms with van der Waals surface area (Å²) in [5, 5.41) is 14.5. The minimum atomic E-state index is -3.75. The molecule has 1 aromatic rings. The number of carbonyl (C=O) groups is 1. The van der Waals surface area contributed by atoms with Crippen molar-refractivity contribution < 1.29 is 18.3 Å². The fourth-order valence-electron chi connectivity index (χ4n) is 2.11. The van der Waals surface area contributed by atoms with Crippen molar-refractivity contribution in [1.82, 2.24) is 4.98 Å². The molecule has 0 bridgehead atoms. The summed E-state index contributed by atoms with van der Waals surface area (Å²) >= 11 is 0.946. The van der Waals surface area contributed by atoms with Crippen LogP contribution in [-0.4, -0.2) is 24.5 Å². The lowest BCUT2D eigenvalue weighted by Crippen LogP contribution is -2.09. The second-order valence-corrected chi connectivity index (χ2v) is 7.53. The Morgan fingerprint density at radius 3 is 2.53 bits per heavy atom. The third kappa shape index (κ3) is 1.96. The van der Waals surface area contributed by atoms with Gasteiger partial charge in [0.15, 0.2) is 4.21 Å². The van der Waals surface area contributed by atoms with Gasteiger partial charge >= 0.3 is 5.97 Å². The number of hydrogen-bond acceptors (Lipinski definition) is 5. The molecule has 2 atom stereocenters. The lowest BCUT2D eigenvalue weighted by Gasteiger charge is -1.97. The smallest absolute Gasteiger partial charge is 0.307 e. The van der Waals surface area contributed by atoms with Crippen LogP contribution in [0.5, 0.6) is 0 Å². The summed E-state index contributed by atoms with van der Waals surface area (Å²) in [5.74, 6) is -1.63. The van der Waals surface area contributed by atoms with E-state index in [0.717, 1.165) is 11.3 Å². The minimum absolute atomic E-state index is 0.0284. The van der Waals surface area contributed by atoms with Crippen LogP contribution in [0.2, 0.25) is 0 Å². The van der Waals surface area contributed by atoms with E-state index in [1.807, 2.05) is 13.8 Å². The highest BCUT2D eigenvalue weighted by atomic mass is 32.2. The van der Waals surface area contributed by atoms with Crippen molar-refractivity contribution in [2.75, 3.05) is 0 Å². The standard InChI is InChI=1S/C9H12N2O4S2/c1-9(2)5(6(9)8(12)13)7-11-3-4(16-7)17(10,14)15/h3,5-6H,1-2H3,(H,12,13)(H2,10,14,15). The zero-order valence-electron chi connectivity index (χ0n) is 9.25. The summed E-state index contributed by atoms with van der Waals surface area (Å²) in [7, 11) is -3.75. The van der Waals surface area contributed by atoms with Crippen LogP contribution in [0.25, 0.3) is 0 Å². The van der Waals surface area contributed by atoms with Gasteiger partial charge in [0.1, 0.15) is 0 Å². The summed E-state index contributed by atoms with van der Waals surface area (Å²) in [4.78, 5) is 15.0. The molecule has 1 fully saturated rings. The summed E-state index contributed by atoms with van der Waals surface area (Å²) in [5.41, 5.74) is -0.390. The van der Waals surface area contributed by atoms with Gasteiger partial charge in [-0.15, -0.1) is 11.3 Å². The van der Waals surface area contributed by atoms with Crippen molar-refractivity contribution in [3.8, 4) is 0 Å². The molecule has 0 amide bonds. The molecule has 2 unspecified atom stereocenters. The van der Waals surface area contributed by atoms with Gasteiger partial charge in [0.05, 0.1) is 17.1 Å². The topological polar surface area (TPSA) is 110 Å². The van der Waals surface area contributed by atoms with E-state index in [-0.39, 0.29) is 15.5 Å². The normalized spacial score (nSPS) is 26.8. The quantitative estimate of drug-likeness (QED) is 0.840. The number of sulfonamides is 1. The van der Waals surface area contributed by atoms with Crippen LogP contribution >= 0.6 is 11.3 Å². The van der Waals surface area contributed by atoms with Crippen molar-refractivity contribution in [3.63, 3.8) is 0 Å². The molecular weight excluding hydrogens is 264 g/mol. The molecule has 6 nitrogen and oxygen atoms in total. The Labute approximate surface area is 103 Å². The van der Waals surface area contributed by atoms with Crippen molar-refractivity contribution >= 4 is 27.3 Å². The van der Waals surface area contributed by atoms with Gasteiger partial charge < -0.3 is 5.11 Å². The predicted molar refractivity (Wildman–Crippen MR) is 61.1 cm³/mol. The maximum atomic E-state index is 11.1. The first-order chi connectivity index (χ1) is 7.65. The highest BCUT2D eigenvalue weighted by molar-refractivity contribution is 7.91. The number of primary sulfonamides is 1. The Kier molecular flexibility index (Phi) is 2.57. The van der Waals surface area contributed by atoms with Crippen LogP contribution < -0.4 is 5.14 Å². The fourth-order valence-corrected chi connectivity index (χ4v) is 4.01. The van der Waals surface area contributed by atoms with Crippen LogP contribution in [0.1, 0.15) is 24.8 Å². The van der Waals surface area contributed by atoms with Crippen molar-refractivity contribution in [3.05, 3.63) is 11.2 Å². The number of nitrogens with two attached hydrogens (primary N) is 1. The van der Waals surface area contributed by atoms with Crippen LogP contribution in [0.3, 0.4) is 0 Å². The van der Waals surface area contributed by atoms with Gasteiger partial charge in [0.25, 0.3) is 0 Å². The molecule has 1 aliphatic rings. The molecule has 0 aliphatic heterocycles. The van der Waals surface area contributed by atoms with E-state index < -0.39 is 21.9 Å². The first-order valence-corrected chi connectivity index (χ1v) is 7.23. The lowest BCUT2D eigenvalue weighted by atomic mass is 10.1. The fraction of sp³-hybridized carbons (Fsp3) is 0.556. The van der Waals surface area contributed by atoms with Crippen molar-refractivity contribution in [1.29, 1.82) is 0 Å². The monoisotopic (exact) mass is 276 g/mol. The molecule has 1 aliphatic carbocycles. The Bertz CT molecular complexity index is 576. The molecule has 17 heavy (non-hydrogen) atoms. The summed E-state index contributed by atoms with van der Waals surface area (Å²) in [6.07, 6.45) is 1.18. The van der Waals surface area contributed by atoms with Crippen molar-refractivity contribution in [2.45, 2.75) is 24.0 Å². The van der Waals surface area contributed by atoms with Gasteiger partial charge in [-0.1, -0.05) is 13.8 Å². The number of carboxylic acid groups (broad SMARTS) is 1. The van der Waals surface area contributed by atoms with Gasteiger partial charge in [0, 0.05) is 5.92 Å². The average molecular weight is 276 g/mol. The van der Waals surface area contributed by atoms with Gasteiger partial charge in [-0.2, -0.15) is 0 Å². The van der Waals surface area contributed by atoms with E-state index in [4.69, 9.17) is 10.2 Å². The van der Waals surface area contributed by atoms with Crippen LogP contribution in [0.4, 0.5) is 0 Å². The number of carboxylic acids is 1. The molecule has 0 spiro atoms. The van der Waals surface area contributed by atoms with E-state index in [0.29, 0.717) is 5.01 Å². The highest BCUT2D eigenvalue weighted by Crippen LogP contribution is 2.64. The number of nitrogens with zero attached hydrogens (tertiary/aromatic N) is 1. The summed E-state index contributed by atoms with van der Waals surface area (Å²) in [6, 6.07) is 0. The van der Waals surface area contributed by atoms with Gasteiger partial charge in [-0.25, -0.2) is 18.5 Å². The zero-order valence-corrected chi connectivity index (χ0v) is 10.9. The molecular formula is C9H12N2O4S2. The average Bonchev–Trinajstić information content (AvgIpc) is 2.59.